The molecule has 0 spiro atoms. The first-order valence-corrected chi connectivity index (χ1v) is 7.60. The molecule has 0 amide bonds. The maximum Gasteiger partial charge on any atom is 0.135 e. The van der Waals surface area contributed by atoms with Crippen LogP contribution in [0.15, 0.2) is 59.1 Å². The van der Waals surface area contributed by atoms with Crippen molar-refractivity contribution in [2.75, 3.05) is 0 Å². The second kappa shape index (κ2) is 6.06. The smallest absolute Gasteiger partial charge is 0.135 e. The first-order chi connectivity index (χ1) is 10.2. The highest BCUT2D eigenvalue weighted by Crippen LogP contribution is 2.36. The van der Waals surface area contributed by atoms with Crippen LogP contribution in [-0.2, 0) is 6.61 Å². The maximum absolute atomic E-state index is 9.43. The summed E-state index contributed by atoms with van der Waals surface area (Å²) in [7, 11) is 0. The minimum absolute atomic E-state index is 0.0753. The van der Waals surface area contributed by atoms with Crippen LogP contribution in [0.1, 0.15) is 5.56 Å². The van der Waals surface area contributed by atoms with Crippen LogP contribution in [0.3, 0.4) is 0 Å². The number of benzene rings is 3. The van der Waals surface area contributed by atoms with Crippen molar-refractivity contribution >= 4 is 38.3 Å². The van der Waals surface area contributed by atoms with Crippen molar-refractivity contribution in [2.45, 2.75) is 6.61 Å². The second-order valence-electron chi connectivity index (χ2n) is 4.60. The summed E-state index contributed by atoms with van der Waals surface area (Å²) in [6.07, 6.45) is 0. The van der Waals surface area contributed by atoms with E-state index in [0.29, 0.717) is 16.5 Å². The van der Waals surface area contributed by atoms with Crippen molar-refractivity contribution in [1.82, 2.24) is 0 Å². The van der Waals surface area contributed by atoms with Crippen LogP contribution in [0.5, 0.6) is 11.5 Å². The number of halogens is 2. The fourth-order valence-electron chi connectivity index (χ4n) is 2.20. The van der Waals surface area contributed by atoms with Gasteiger partial charge in [-0.25, -0.2) is 0 Å². The average molecular weight is 364 g/mol. The topological polar surface area (TPSA) is 29.5 Å². The van der Waals surface area contributed by atoms with Gasteiger partial charge in [-0.3, -0.25) is 0 Å². The summed E-state index contributed by atoms with van der Waals surface area (Å²) in [5, 5.41) is 12.0. The van der Waals surface area contributed by atoms with Crippen molar-refractivity contribution in [3.63, 3.8) is 0 Å². The third kappa shape index (κ3) is 2.91. The van der Waals surface area contributed by atoms with Crippen molar-refractivity contribution in [3.8, 4) is 11.5 Å². The molecular weight excluding hydrogens is 352 g/mol. The maximum atomic E-state index is 9.43. The van der Waals surface area contributed by atoms with E-state index in [4.69, 9.17) is 16.3 Å². The fraction of sp³-hybridized carbons (Fsp3) is 0.0588. The van der Waals surface area contributed by atoms with E-state index >= 15 is 0 Å². The summed E-state index contributed by atoms with van der Waals surface area (Å²) >= 11 is 9.63. The van der Waals surface area contributed by atoms with Gasteiger partial charge in [0.05, 0.1) is 6.61 Å². The summed E-state index contributed by atoms with van der Waals surface area (Å²) in [6, 6.07) is 17.0. The van der Waals surface area contributed by atoms with Crippen LogP contribution in [0.4, 0.5) is 0 Å². The molecule has 0 aliphatic heterocycles. The van der Waals surface area contributed by atoms with Crippen LogP contribution in [0.2, 0.25) is 5.02 Å². The molecule has 0 heterocycles. The Labute approximate surface area is 136 Å². The van der Waals surface area contributed by atoms with Gasteiger partial charge < -0.3 is 9.84 Å². The largest absolute Gasteiger partial charge is 0.456 e. The Hall–Kier alpha value is -1.55. The Kier molecular flexibility index (Phi) is 4.15. The molecule has 4 heteroatoms. The minimum Gasteiger partial charge on any atom is -0.456 e. The highest BCUT2D eigenvalue weighted by molar-refractivity contribution is 9.10. The quantitative estimate of drug-likeness (QED) is 0.662. The monoisotopic (exact) mass is 362 g/mol. The van der Waals surface area contributed by atoms with Crippen molar-refractivity contribution < 1.29 is 9.84 Å². The fourth-order valence-corrected chi connectivity index (χ4v) is 2.76. The van der Waals surface area contributed by atoms with E-state index in [0.717, 1.165) is 20.8 Å². The van der Waals surface area contributed by atoms with Gasteiger partial charge in [-0.1, -0.05) is 57.9 Å². The molecule has 0 fully saturated rings. The molecule has 0 atom stereocenters. The van der Waals surface area contributed by atoms with Gasteiger partial charge >= 0.3 is 0 Å². The van der Waals surface area contributed by atoms with E-state index < -0.39 is 0 Å². The summed E-state index contributed by atoms with van der Waals surface area (Å²) in [5.74, 6) is 1.34. The molecule has 106 valence electrons. The summed E-state index contributed by atoms with van der Waals surface area (Å²) in [6.45, 7) is -0.0753. The lowest BCUT2D eigenvalue weighted by Gasteiger charge is -2.13. The highest BCUT2D eigenvalue weighted by atomic mass is 79.9. The summed E-state index contributed by atoms with van der Waals surface area (Å²) in [4.78, 5) is 0. The highest BCUT2D eigenvalue weighted by Gasteiger charge is 2.09. The zero-order valence-electron chi connectivity index (χ0n) is 11.0. The molecule has 0 bridgehead atoms. The van der Waals surface area contributed by atoms with Gasteiger partial charge in [-0.05, 0) is 24.3 Å². The predicted molar refractivity (Wildman–Crippen MR) is 89.1 cm³/mol. The third-order valence-corrected chi connectivity index (χ3v) is 4.07. The molecule has 3 aromatic rings. The zero-order chi connectivity index (χ0) is 14.8. The van der Waals surface area contributed by atoms with Crippen LogP contribution in [-0.4, -0.2) is 5.11 Å². The van der Waals surface area contributed by atoms with Gasteiger partial charge in [0.25, 0.3) is 0 Å². The first kappa shape index (κ1) is 14.4. The van der Waals surface area contributed by atoms with Crippen molar-refractivity contribution in [1.29, 1.82) is 0 Å². The molecule has 21 heavy (non-hydrogen) atoms. The van der Waals surface area contributed by atoms with Crippen LogP contribution >= 0.6 is 27.5 Å². The second-order valence-corrected chi connectivity index (χ2v) is 5.93. The molecule has 0 aliphatic rings. The number of hydrogen-bond donors (Lipinski definition) is 1. The van der Waals surface area contributed by atoms with E-state index in [9.17, 15) is 5.11 Å². The van der Waals surface area contributed by atoms with Crippen LogP contribution in [0.25, 0.3) is 10.8 Å². The average Bonchev–Trinajstić information content (AvgIpc) is 2.51. The lowest BCUT2D eigenvalue weighted by molar-refractivity contribution is 0.276. The Morgan fingerprint density at radius 3 is 2.48 bits per heavy atom. The molecule has 0 aromatic heterocycles. The molecule has 3 aromatic carbocycles. The molecule has 0 radical (unpaired) electrons. The van der Waals surface area contributed by atoms with Gasteiger partial charge in [0.15, 0.2) is 0 Å². The Bertz CT molecular complexity index is 802. The number of aliphatic hydroxyl groups is 1. The Morgan fingerprint density at radius 1 is 0.952 bits per heavy atom. The van der Waals surface area contributed by atoms with Gasteiger partial charge in [-0.15, -0.1) is 0 Å². The molecule has 0 saturated heterocycles. The molecule has 1 N–H and O–H groups in total. The van der Waals surface area contributed by atoms with Gasteiger partial charge in [0.1, 0.15) is 11.5 Å². The summed E-state index contributed by atoms with van der Waals surface area (Å²) < 4.78 is 6.90. The molecule has 0 aliphatic carbocycles. The van der Waals surface area contributed by atoms with Crippen LogP contribution in [0, 0.1) is 0 Å². The number of aliphatic hydroxyl groups excluding tert-OH is 1. The number of fused-ring (bicyclic) bond motifs is 1. The molecule has 3 rings (SSSR count). The number of rotatable bonds is 3. The zero-order valence-corrected chi connectivity index (χ0v) is 13.4. The number of hydrogen-bond acceptors (Lipinski definition) is 2. The lowest BCUT2D eigenvalue weighted by atomic mass is 10.1. The SMILES string of the molecule is OCc1ccc(Br)cc1Oc1ccc(Cl)c2ccccc12. The number of ether oxygens (including phenoxy) is 1. The first-order valence-electron chi connectivity index (χ1n) is 6.43. The van der Waals surface area contributed by atoms with E-state index in [1.54, 1.807) is 0 Å². The van der Waals surface area contributed by atoms with E-state index in [2.05, 4.69) is 15.9 Å². The molecular formula is C17H12BrClO2. The van der Waals surface area contributed by atoms with Crippen LogP contribution < -0.4 is 4.74 Å². The van der Waals surface area contributed by atoms with Crippen molar-refractivity contribution in [3.05, 3.63) is 69.7 Å². The Balaban J connectivity index is 2.11. The Morgan fingerprint density at radius 2 is 1.71 bits per heavy atom. The summed E-state index contributed by atoms with van der Waals surface area (Å²) in [5.41, 5.74) is 0.734. The lowest BCUT2D eigenvalue weighted by Crippen LogP contribution is -1.92. The van der Waals surface area contributed by atoms with E-state index in [1.807, 2.05) is 54.6 Å². The minimum atomic E-state index is -0.0753. The van der Waals surface area contributed by atoms with Gasteiger partial charge in [0, 0.05) is 25.8 Å². The van der Waals surface area contributed by atoms with Crippen molar-refractivity contribution in [2.24, 2.45) is 0 Å². The van der Waals surface area contributed by atoms with E-state index in [-0.39, 0.29) is 6.61 Å². The van der Waals surface area contributed by atoms with Gasteiger partial charge in [-0.2, -0.15) is 0 Å². The standard InChI is InChI=1S/C17H12BrClO2/c18-12-6-5-11(10-20)17(9-12)21-16-8-7-15(19)13-3-1-2-4-14(13)16/h1-9,20H,10H2. The van der Waals surface area contributed by atoms with E-state index in [1.165, 1.54) is 0 Å². The van der Waals surface area contributed by atoms with Gasteiger partial charge in [0.2, 0.25) is 0 Å². The third-order valence-electron chi connectivity index (χ3n) is 3.25. The molecule has 0 saturated carbocycles. The molecule has 0 unspecified atom stereocenters. The molecule has 2 nitrogen and oxygen atoms in total. The normalized spacial score (nSPS) is 10.8. The predicted octanol–water partition coefficient (Wildman–Crippen LogP) is 5.54.